The van der Waals surface area contributed by atoms with E-state index >= 15 is 0 Å². The second-order valence-corrected chi connectivity index (χ2v) is 8.08. The summed E-state index contributed by atoms with van der Waals surface area (Å²) < 4.78 is 3.46. The first-order valence-electron chi connectivity index (χ1n) is 10.3. The maximum atomic E-state index is 12.8. The molecule has 2 heterocycles. The second-order valence-electron chi connectivity index (χ2n) is 7.67. The lowest BCUT2D eigenvalue weighted by Crippen LogP contribution is -2.34. The van der Waals surface area contributed by atoms with Crippen molar-refractivity contribution in [3.05, 3.63) is 87.1 Å². The molecule has 1 aromatic heterocycles. The van der Waals surface area contributed by atoms with Crippen molar-refractivity contribution >= 4 is 11.6 Å². The van der Waals surface area contributed by atoms with Crippen LogP contribution < -0.4 is 5.69 Å². The van der Waals surface area contributed by atoms with Crippen LogP contribution in [0.4, 0.5) is 0 Å². The van der Waals surface area contributed by atoms with Crippen LogP contribution in [0.5, 0.6) is 0 Å². The van der Waals surface area contributed by atoms with Gasteiger partial charge in [0.1, 0.15) is 5.82 Å². The maximum absolute atomic E-state index is 12.8. The van der Waals surface area contributed by atoms with Crippen molar-refractivity contribution in [1.29, 1.82) is 0 Å². The van der Waals surface area contributed by atoms with E-state index in [2.05, 4.69) is 11.0 Å². The van der Waals surface area contributed by atoms with Gasteiger partial charge >= 0.3 is 5.69 Å². The zero-order valence-electron chi connectivity index (χ0n) is 16.8. The Kier molecular flexibility index (Phi) is 6.16. The quantitative estimate of drug-likeness (QED) is 0.613. The molecule has 1 saturated heterocycles. The van der Waals surface area contributed by atoms with Gasteiger partial charge in [0.05, 0.1) is 6.54 Å². The second kappa shape index (κ2) is 8.97. The molecule has 5 nitrogen and oxygen atoms in total. The zero-order valence-corrected chi connectivity index (χ0v) is 17.6. The Morgan fingerprint density at radius 2 is 1.69 bits per heavy atom. The Hall–Kier alpha value is -2.37. The first-order valence-corrected chi connectivity index (χ1v) is 10.7. The fourth-order valence-corrected chi connectivity index (χ4v) is 4.33. The molecule has 1 fully saturated rings. The molecule has 0 aliphatic carbocycles. The van der Waals surface area contributed by atoms with Gasteiger partial charge in [-0.25, -0.2) is 9.48 Å². The number of benzene rings is 2. The van der Waals surface area contributed by atoms with Crippen molar-refractivity contribution in [2.75, 3.05) is 13.1 Å². The molecule has 4 rings (SSSR count). The topological polar surface area (TPSA) is 43.1 Å². The molecule has 0 amide bonds. The van der Waals surface area contributed by atoms with Crippen LogP contribution in [0.2, 0.25) is 5.02 Å². The zero-order chi connectivity index (χ0) is 20.2. The number of piperidine rings is 1. The van der Waals surface area contributed by atoms with Gasteiger partial charge in [-0.3, -0.25) is 9.47 Å². The van der Waals surface area contributed by atoms with Gasteiger partial charge in [0.25, 0.3) is 0 Å². The van der Waals surface area contributed by atoms with Crippen LogP contribution in [0.15, 0.2) is 59.4 Å². The van der Waals surface area contributed by atoms with Crippen LogP contribution in [0, 0.1) is 0 Å². The molecule has 1 aliphatic rings. The van der Waals surface area contributed by atoms with Gasteiger partial charge in [0.2, 0.25) is 0 Å². The largest absolute Gasteiger partial charge is 0.346 e. The van der Waals surface area contributed by atoms with E-state index in [1.165, 1.54) is 5.56 Å². The number of hydrogen-bond acceptors (Lipinski definition) is 3. The summed E-state index contributed by atoms with van der Waals surface area (Å²) in [7, 11) is 0. The van der Waals surface area contributed by atoms with Gasteiger partial charge in [-0.15, -0.1) is 0 Å². The highest BCUT2D eigenvalue weighted by Gasteiger charge is 2.26. The highest BCUT2D eigenvalue weighted by atomic mass is 35.5. The molecule has 1 aliphatic heterocycles. The SMILES string of the molecule is CCn1c(C2CCN(Cc3ccccc3Cl)CC2)nn(Cc2ccccc2)c1=O. The smallest absolute Gasteiger partial charge is 0.299 e. The third-order valence-corrected chi connectivity index (χ3v) is 6.12. The van der Waals surface area contributed by atoms with E-state index in [0.29, 0.717) is 19.0 Å². The van der Waals surface area contributed by atoms with Gasteiger partial charge < -0.3 is 0 Å². The van der Waals surface area contributed by atoms with Gasteiger partial charge in [-0.1, -0.05) is 60.1 Å². The van der Waals surface area contributed by atoms with Gasteiger partial charge in [-0.05, 0) is 50.0 Å². The summed E-state index contributed by atoms with van der Waals surface area (Å²) in [4.78, 5) is 15.3. The van der Waals surface area contributed by atoms with Crippen LogP contribution in [-0.4, -0.2) is 32.3 Å². The van der Waals surface area contributed by atoms with Crippen LogP contribution in [0.25, 0.3) is 0 Å². The predicted molar refractivity (Wildman–Crippen MR) is 116 cm³/mol. The summed E-state index contributed by atoms with van der Waals surface area (Å²) in [5.74, 6) is 1.26. The lowest BCUT2D eigenvalue weighted by molar-refractivity contribution is 0.200. The minimum atomic E-state index is -0.00940. The number of nitrogens with zero attached hydrogens (tertiary/aromatic N) is 4. The molecule has 152 valence electrons. The molecule has 0 spiro atoms. The normalized spacial score (nSPS) is 15.7. The Morgan fingerprint density at radius 1 is 1.00 bits per heavy atom. The molecule has 0 unspecified atom stereocenters. The van der Waals surface area contributed by atoms with Gasteiger partial charge in [0.15, 0.2) is 0 Å². The summed E-state index contributed by atoms with van der Waals surface area (Å²) >= 11 is 6.32. The molecule has 2 aromatic carbocycles. The van der Waals surface area contributed by atoms with Crippen LogP contribution in [-0.2, 0) is 19.6 Å². The Bertz CT molecular complexity index is 1000. The molecular formula is C23H27ClN4O. The van der Waals surface area contributed by atoms with E-state index in [9.17, 15) is 4.79 Å². The molecule has 0 N–H and O–H groups in total. The minimum absolute atomic E-state index is 0.00940. The third kappa shape index (κ3) is 4.46. The Balaban J connectivity index is 1.46. The molecule has 0 saturated carbocycles. The van der Waals surface area contributed by atoms with E-state index in [4.69, 9.17) is 16.7 Å². The Morgan fingerprint density at radius 3 is 2.38 bits per heavy atom. The van der Waals surface area contributed by atoms with Crippen molar-refractivity contribution < 1.29 is 0 Å². The summed E-state index contributed by atoms with van der Waals surface area (Å²) in [5, 5.41) is 5.58. The van der Waals surface area contributed by atoms with Crippen molar-refractivity contribution in [2.24, 2.45) is 0 Å². The average molecular weight is 411 g/mol. The lowest BCUT2D eigenvalue weighted by Gasteiger charge is -2.31. The Labute approximate surface area is 176 Å². The van der Waals surface area contributed by atoms with Gasteiger partial charge in [0, 0.05) is 24.0 Å². The first-order chi connectivity index (χ1) is 14.2. The molecule has 29 heavy (non-hydrogen) atoms. The number of likely N-dealkylation sites (tertiary alicyclic amines) is 1. The summed E-state index contributed by atoms with van der Waals surface area (Å²) in [6, 6.07) is 18.1. The maximum Gasteiger partial charge on any atom is 0.346 e. The summed E-state index contributed by atoms with van der Waals surface area (Å²) in [6.07, 6.45) is 2.01. The summed E-state index contributed by atoms with van der Waals surface area (Å²) in [6.45, 7) is 6.04. The number of halogens is 1. The molecule has 3 aromatic rings. The third-order valence-electron chi connectivity index (χ3n) is 5.75. The van der Waals surface area contributed by atoms with E-state index in [-0.39, 0.29) is 5.69 Å². The van der Waals surface area contributed by atoms with E-state index in [1.54, 1.807) is 4.68 Å². The molecule has 0 bridgehead atoms. The first kappa shape index (κ1) is 19.9. The number of rotatable bonds is 6. The molecular weight excluding hydrogens is 384 g/mol. The van der Waals surface area contributed by atoms with Crippen LogP contribution in [0.1, 0.15) is 42.6 Å². The number of hydrogen-bond donors (Lipinski definition) is 0. The molecule has 0 atom stereocenters. The standard InChI is InChI=1S/C23H27ClN4O/c1-2-27-22(25-28(23(27)29)16-18-8-4-3-5-9-18)19-12-14-26(15-13-19)17-20-10-6-7-11-21(20)24/h3-11,19H,2,12-17H2,1H3. The van der Waals surface area contributed by atoms with Crippen LogP contribution in [0.3, 0.4) is 0 Å². The van der Waals surface area contributed by atoms with Gasteiger partial charge in [-0.2, -0.15) is 5.10 Å². The monoisotopic (exact) mass is 410 g/mol. The van der Waals surface area contributed by atoms with E-state index < -0.39 is 0 Å². The van der Waals surface area contributed by atoms with Crippen molar-refractivity contribution in [3.63, 3.8) is 0 Å². The van der Waals surface area contributed by atoms with Crippen molar-refractivity contribution in [1.82, 2.24) is 19.2 Å². The van der Waals surface area contributed by atoms with Crippen molar-refractivity contribution in [3.8, 4) is 0 Å². The summed E-state index contributed by atoms with van der Waals surface area (Å²) in [5.41, 5.74) is 2.26. The molecule has 6 heteroatoms. The number of aromatic nitrogens is 3. The minimum Gasteiger partial charge on any atom is -0.299 e. The fourth-order valence-electron chi connectivity index (χ4n) is 4.13. The highest BCUT2D eigenvalue weighted by Crippen LogP contribution is 2.28. The van der Waals surface area contributed by atoms with Crippen molar-refractivity contribution in [2.45, 2.75) is 45.3 Å². The molecule has 0 radical (unpaired) electrons. The van der Waals surface area contributed by atoms with E-state index in [0.717, 1.165) is 48.9 Å². The lowest BCUT2D eigenvalue weighted by atomic mass is 9.95. The van der Waals surface area contributed by atoms with E-state index in [1.807, 2.05) is 60.0 Å². The average Bonchev–Trinajstić information content (AvgIpc) is 3.06. The predicted octanol–water partition coefficient (Wildman–Crippen LogP) is 4.15. The highest BCUT2D eigenvalue weighted by molar-refractivity contribution is 6.31. The van der Waals surface area contributed by atoms with Crippen LogP contribution >= 0.6 is 11.6 Å². The fraction of sp³-hybridized carbons (Fsp3) is 0.391.